The van der Waals surface area contributed by atoms with Crippen LogP contribution in [0.1, 0.15) is 24.0 Å². The molecule has 0 aliphatic carbocycles. The van der Waals surface area contributed by atoms with Gasteiger partial charge in [0.05, 0.1) is 0 Å². The Bertz CT molecular complexity index is 546. The number of ether oxygens (including phenoxy) is 1. The lowest BCUT2D eigenvalue weighted by Gasteiger charge is -2.29. The Balaban J connectivity index is 1.31. The number of nitrogens with zero attached hydrogens (tertiary/aromatic N) is 1. The van der Waals surface area contributed by atoms with Crippen molar-refractivity contribution in [2.75, 3.05) is 19.6 Å². The van der Waals surface area contributed by atoms with Crippen LogP contribution in [-0.2, 0) is 12.2 Å². The molecule has 3 N–H and O–H groups in total. The zero-order valence-electron chi connectivity index (χ0n) is 12.9. The van der Waals surface area contributed by atoms with E-state index >= 15 is 0 Å². The second-order valence-electron chi connectivity index (χ2n) is 6.48. The SMILES string of the molecule is OC(CNC1CCN(O)CC1)C1Cc2cc3c(cc2O1)CSS3. The first-order valence-electron chi connectivity index (χ1n) is 8.16. The summed E-state index contributed by atoms with van der Waals surface area (Å²) in [6.07, 6.45) is 1.95. The zero-order chi connectivity index (χ0) is 15.8. The minimum absolute atomic E-state index is 0.157. The van der Waals surface area contributed by atoms with Gasteiger partial charge in [-0.15, -0.1) is 0 Å². The van der Waals surface area contributed by atoms with Gasteiger partial charge < -0.3 is 20.4 Å². The molecule has 0 amide bonds. The van der Waals surface area contributed by atoms with Gasteiger partial charge >= 0.3 is 0 Å². The smallest absolute Gasteiger partial charge is 0.130 e. The number of aliphatic hydroxyl groups excluding tert-OH is 1. The topological polar surface area (TPSA) is 65.0 Å². The molecule has 1 aromatic carbocycles. The molecule has 3 heterocycles. The maximum absolute atomic E-state index is 10.5. The minimum atomic E-state index is -0.508. The van der Waals surface area contributed by atoms with E-state index in [2.05, 4.69) is 17.4 Å². The number of rotatable bonds is 4. The van der Waals surface area contributed by atoms with Crippen molar-refractivity contribution in [1.29, 1.82) is 0 Å². The summed E-state index contributed by atoms with van der Waals surface area (Å²) in [5, 5.41) is 24.6. The fraction of sp³-hybridized carbons (Fsp3) is 0.625. The second kappa shape index (κ2) is 6.82. The van der Waals surface area contributed by atoms with Gasteiger partial charge in [0.2, 0.25) is 0 Å². The van der Waals surface area contributed by atoms with Crippen LogP contribution < -0.4 is 10.1 Å². The fourth-order valence-corrected chi connectivity index (χ4v) is 5.86. The molecule has 126 valence electrons. The summed E-state index contributed by atoms with van der Waals surface area (Å²) < 4.78 is 5.99. The Hall–Kier alpha value is -0.440. The van der Waals surface area contributed by atoms with Crippen LogP contribution in [0.25, 0.3) is 0 Å². The molecule has 5 nitrogen and oxygen atoms in total. The molecule has 23 heavy (non-hydrogen) atoms. The third kappa shape index (κ3) is 3.50. The first-order chi connectivity index (χ1) is 11.2. The number of hydrogen-bond acceptors (Lipinski definition) is 7. The number of benzene rings is 1. The van der Waals surface area contributed by atoms with Crippen molar-refractivity contribution < 1.29 is 15.1 Å². The molecule has 0 radical (unpaired) electrons. The summed E-state index contributed by atoms with van der Waals surface area (Å²) in [7, 11) is 3.70. The number of hydrogen-bond donors (Lipinski definition) is 3. The molecule has 1 aromatic rings. The summed E-state index contributed by atoms with van der Waals surface area (Å²) in [5.74, 6) is 1.99. The van der Waals surface area contributed by atoms with Crippen LogP contribution in [0, 0.1) is 0 Å². The molecule has 0 spiro atoms. The van der Waals surface area contributed by atoms with Crippen LogP contribution in [0.4, 0.5) is 0 Å². The van der Waals surface area contributed by atoms with Gasteiger partial charge in [0.15, 0.2) is 0 Å². The number of hydroxylamine groups is 2. The molecule has 0 aromatic heterocycles. The largest absolute Gasteiger partial charge is 0.487 e. The highest BCUT2D eigenvalue weighted by Crippen LogP contribution is 2.47. The van der Waals surface area contributed by atoms with E-state index in [1.165, 1.54) is 21.1 Å². The van der Waals surface area contributed by atoms with Crippen molar-refractivity contribution in [3.63, 3.8) is 0 Å². The van der Waals surface area contributed by atoms with E-state index in [0.29, 0.717) is 25.7 Å². The maximum Gasteiger partial charge on any atom is 0.130 e. The van der Waals surface area contributed by atoms with Gasteiger partial charge in [-0.2, -0.15) is 5.06 Å². The van der Waals surface area contributed by atoms with Gasteiger partial charge in [-0.1, -0.05) is 21.6 Å². The molecule has 1 saturated heterocycles. The fourth-order valence-electron chi connectivity index (χ4n) is 3.39. The van der Waals surface area contributed by atoms with Crippen LogP contribution in [-0.4, -0.2) is 53.3 Å². The van der Waals surface area contributed by atoms with Crippen molar-refractivity contribution in [1.82, 2.24) is 10.4 Å². The monoisotopic (exact) mass is 354 g/mol. The van der Waals surface area contributed by atoms with Gasteiger partial charge in [0.25, 0.3) is 0 Å². The molecule has 7 heteroatoms. The van der Waals surface area contributed by atoms with Crippen LogP contribution in [0.5, 0.6) is 5.75 Å². The Kier molecular flexibility index (Phi) is 4.76. The first kappa shape index (κ1) is 16.1. The quantitative estimate of drug-likeness (QED) is 0.715. The van der Waals surface area contributed by atoms with E-state index in [-0.39, 0.29) is 6.10 Å². The van der Waals surface area contributed by atoms with E-state index in [4.69, 9.17) is 4.74 Å². The molecule has 3 aliphatic rings. The molecule has 2 unspecified atom stereocenters. The van der Waals surface area contributed by atoms with Crippen molar-refractivity contribution in [2.45, 2.75) is 48.2 Å². The molecule has 3 aliphatic heterocycles. The number of piperidine rings is 1. The molecule has 0 saturated carbocycles. The minimum Gasteiger partial charge on any atom is -0.487 e. The van der Waals surface area contributed by atoms with Crippen molar-refractivity contribution in [2.24, 2.45) is 0 Å². The van der Waals surface area contributed by atoms with Gasteiger partial charge in [0, 0.05) is 42.7 Å². The Morgan fingerprint density at radius 3 is 2.96 bits per heavy atom. The van der Waals surface area contributed by atoms with E-state index in [1.807, 2.05) is 21.6 Å². The molecule has 2 atom stereocenters. The lowest BCUT2D eigenvalue weighted by Crippen LogP contribution is -2.46. The molecule has 1 fully saturated rings. The predicted octanol–water partition coefficient (Wildman–Crippen LogP) is 2.05. The van der Waals surface area contributed by atoms with E-state index in [9.17, 15) is 10.3 Å². The van der Waals surface area contributed by atoms with E-state index < -0.39 is 6.10 Å². The zero-order valence-corrected chi connectivity index (χ0v) is 14.5. The highest BCUT2D eigenvalue weighted by molar-refractivity contribution is 8.76. The third-order valence-corrected chi connectivity index (χ3v) is 7.17. The number of nitrogens with one attached hydrogen (secondary N) is 1. The second-order valence-corrected chi connectivity index (χ2v) is 8.82. The van der Waals surface area contributed by atoms with Crippen LogP contribution in [0.2, 0.25) is 0 Å². The van der Waals surface area contributed by atoms with Gasteiger partial charge in [-0.05, 0) is 36.1 Å². The highest BCUT2D eigenvalue weighted by Gasteiger charge is 2.31. The van der Waals surface area contributed by atoms with E-state index in [1.54, 1.807) is 0 Å². The summed E-state index contributed by atoms with van der Waals surface area (Å²) in [6.45, 7) is 1.93. The summed E-state index contributed by atoms with van der Waals surface area (Å²) >= 11 is 0. The predicted molar refractivity (Wildman–Crippen MR) is 92.1 cm³/mol. The van der Waals surface area contributed by atoms with Crippen LogP contribution in [0.15, 0.2) is 17.0 Å². The van der Waals surface area contributed by atoms with Gasteiger partial charge in [-0.3, -0.25) is 0 Å². The van der Waals surface area contributed by atoms with Crippen LogP contribution in [0.3, 0.4) is 0 Å². The summed E-state index contributed by atoms with van der Waals surface area (Å²) in [6, 6.07) is 4.75. The lowest BCUT2D eigenvalue weighted by atomic mass is 10.0. The molecular weight excluding hydrogens is 332 g/mol. The average molecular weight is 354 g/mol. The average Bonchev–Trinajstić information content (AvgIpc) is 3.17. The Labute approximate surface area is 144 Å². The van der Waals surface area contributed by atoms with E-state index in [0.717, 1.165) is 30.8 Å². The van der Waals surface area contributed by atoms with Crippen LogP contribution >= 0.6 is 21.6 Å². The lowest BCUT2D eigenvalue weighted by molar-refractivity contribution is -0.108. The normalized spacial score (nSPS) is 25.9. The summed E-state index contributed by atoms with van der Waals surface area (Å²) in [5.41, 5.74) is 2.57. The standard InChI is InChI=1S/C16H22N2O3S2/c19-13(8-17-12-1-3-18(20)4-2-12)15-5-10-7-16-11(9-22-23-16)6-14(10)21-15/h6-7,12-13,15,17,19-20H,1-5,8-9H2. The number of aliphatic hydroxyl groups is 1. The Morgan fingerprint density at radius 2 is 2.13 bits per heavy atom. The summed E-state index contributed by atoms with van der Waals surface area (Å²) in [4.78, 5) is 1.35. The maximum atomic E-state index is 10.5. The van der Waals surface area contributed by atoms with Crippen molar-refractivity contribution in [3.8, 4) is 5.75 Å². The first-order valence-corrected chi connectivity index (χ1v) is 10.5. The van der Waals surface area contributed by atoms with Crippen molar-refractivity contribution in [3.05, 3.63) is 23.3 Å². The van der Waals surface area contributed by atoms with Crippen molar-refractivity contribution >= 4 is 21.6 Å². The highest BCUT2D eigenvalue weighted by atomic mass is 33.1. The Morgan fingerprint density at radius 1 is 1.30 bits per heavy atom. The van der Waals surface area contributed by atoms with Gasteiger partial charge in [0.1, 0.15) is 18.0 Å². The molecule has 0 bridgehead atoms. The molecular formula is C16H22N2O3S2. The third-order valence-electron chi connectivity index (χ3n) is 4.82. The number of fused-ring (bicyclic) bond motifs is 2. The van der Waals surface area contributed by atoms with Gasteiger partial charge in [-0.25, -0.2) is 0 Å². The molecule has 4 rings (SSSR count).